The third kappa shape index (κ3) is 3.37. The van der Waals surface area contributed by atoms with Crippen LogP contribution in [0.2, 0.25) is 0 Å². The molecule has 2 heterocycles. The van der Waals surface area contributed by atoms with E-state index in [0.29, 0.717) is 24.3 Å². The Bertz CT molecular complexity index is 743. The predicted molar refractivity (Wildman–Crippen MR) is 89.7 cm³/mol. The van der Waals surface area contributed by atoms with E-state index in [-0.39, 0.29) is 11.8 Å². The van der Waals surface area contributed by atoms with Crippen LogP contribution in [0.25, 0.3) is 11.3 Å². The van der Waals surface area contributed by atoms with Gasteiger partial charge in [-0.25, -0.2) is 0 Å². The van der Waals surface area contributed by atoms with Gasteiger partial charge in [0.25, 0.3) is 5.91 Å². The zero-order chi connectivity index (χ0) is 16.9. The fraction of sp³-hybridized carbons (Fsp3) is 0.278. The molecule has 0 spiro atoms. The van der Waals surface area contributed by atoms with Crippen molar-refractivity contribution in [1.82, 2.24) is 15.6 Å². The Morgan fingerprint density at radius 3 is 2.79 bits per heavy atom. The van der Waals surface area contributed by atoms with Crippen LogP contribution in [0.5, 0.6) is 5.75 Å². The number of rotatable bonds is 4. The number of carbonyl (C=O) groups is 2. The Hall–Kier alpha value is -2.89. The Labute approximate surface area is 140 Å². The zero-order valence-corrected chi connectivity index (χ0v) is 13.4. The van der Waals surface area contributed by atoms with Crippen molar-refractivity contribution in [2.24, 2.45) is 0 Å². The van der Waals surface area contributed by atoms with Crippen molar-refractivity contribution in [2.75, 3.05) is 13.7 Å². The lowest BCUT2D eigenvalue weighted by Gasteiger charge is -2.22. The van der Waals surface area contributed by atoms with E-state index in [9.17, 15) is 9.59 Å². The number of carbonyl (C=O) groups excluding carboxylic acids is 2. The number of nitrogens with one attached hydrogen (secondary N) is 2. The smallest absolute Gasteiger partial charge is 0.251 e. The molecular weight excluding hydrogens is 306 g/mol. The van der Waals surface area contributed by atoms with E-state index in [2.05, 4.69) is 15.6 Å². The summed E-state index contributed by atoms with van der Waals surface area (Å²) in [6.45, 7) is 0.672. The summed E-state index contributed by atoms with van der Waals surface area (Å²) in [7, 11) is 1.59. The predicted octanol–water partition coefficient (Wildman–Crippen LogP) is 1.77. The Morgan fingerprint density at radius 1 is 1.29 bits per heavy atom. The minimum Gasteiger partial charge on any atom is -0.494 e. The molecule has 2 N–H and O–H groups in total. The summed E-state index contributed by atoms with van der Waals surface area (Å²) in [4.78, 5) is 28.3. The number of piperidine rings is 1. The molecule has 1 aliphatic heterocycles. The van der Waals surface area contributed by atoms with Gasteiger partial charge in [0.15, 0.2) is 0 Å². The van der Waals surface area contributed by atoms with Gasteiger partial charge in [-0.1, -0.05) is 12.1 Å². The minimum atomic E-state index is -0.457. The van der Waals surface area contributed by atoms with Crippen molar-refractivity contribution in [3.05, 3.63) is 48.2 Å². The molecule has 6 heteroatoms. The van der Waals surface area contributed by atoms with Gasteiger partial charge < -0.3 is 15.4 Å². The normalized spacial score (nSPS) is 17.0. The van der Waals surface area contributed by atoms with Crippen LogP contribution >= 0.6 is 0 Å². The summed E-state index contributed by atoms with van der Waals surface area (Å²) in [5.74, 6) is 0.301. The molecule has 124 valence electrons. The van der Waals surface area contributed by atoms with E-state index in [1.807, 2.05) is 18.2 Å². The Balaban J connectivity index is 1.74. The number of benzene rings is 1. The first-order valence-electron chi connectivity index (χ1n) is 7.87. The molecule has 1 aromatic heterocycles. The molecular formula is C18H19N3O3. The topological polar surface area (TPSA) is 80.3 Å². The van der Waals surface area contributed by atoms with Crippen LogP contribution in [0.1, 0.15) is 23.2 Å². The van der Waals surface area contributed by atoms with Gasteiger partial charge in [0.05, 0.1) is 7.11 Å². The molecule has 1 fully saturated rings. The van der Waals surface area contributed by atoms with Crippen molar-refractivity contribution in [2.45, 2.75) is 18.9 Å². The molecule has 0 unspecified atom stereocenters. The second-order valence-electron chi connectivity index (χ2n) is 5.59. The van der Waals surface area contributed by atoms with Crippen molar-refractivity contribution in [3.8, 4) is 17.0 Å². The molecule has 1 aromatic carbocycles. The van der Waals surface area contributed by atoms with Crippen molar-refractivity contribution in [3.63, 3.8) is 0 Å². The fourth-order valence-electron chi connectivity index (χ4n) is 2.70. The Kier molecular flexibility index (Phi) is 4.74. The molecule has 0 saturated carbocycles. The van der Waals surface area contributed by atoms with Crippen molar-refractivity contribution in [1.29, 1.82) is 0 Å². The standard InChI is InChI=1S/C18H19N3O3/c1-24-15-5-3-10-19-16(15)12-6-8-13(9-7-12)17(22)21-14-4-2-11-20-18(14)23/h3,5-10,14H,2,4,11H2,1H3,(H,20,23)(H,21,22)/t14-/m1/s1. The summed E-state index contributed by atoms with van der Waals surface area (Å²) < 4.78 is 5.30. The average Bonchev–Trinajstić information content (AvgIpc) is 2.63. The van der Waals surface area contributed by atoms with Crippen LogP contribution < -0.4 is 15.4 Å². The summed E-state index contributed by atoms with van der Waals surface area (Å²) in [6, 6.07) is 10.3. The van der Waals surface area contributed by atoms with E-state index >= 15 is 0 Å². The van der Waals surface area contributed by atoms with Gasteiger partial charge in [-0.15, -0.1) is 0 Å². The average molecular weight is 325 g/mol. The highest BCUT2D eigenvalue weighted by molar-refractivity contribution is 5.98. The van der Waals surface area contributed by atoms with Crippen LogP contribution in [0.4, 0.5) is 0 Å². The quantitative estimate of drug-likeness (QED) is 0.898. The van der Waals surface area contributed by atoms with Crippen molar-refractivity contribution >= 4 is 11.8 Å². The SMILES string of the molecule is COc1cccnc1-c1ccc(C(=O)N[C@@H]2CCCNC2=O)cc1. The van der Waals surface area contributed by atoms with Gasteiger partial charge in [-0.3, -0.25) is 14.6 Å². The third-order valence-electron chi connectivity index (χ3n) is 4.00. The molecule has 6 nitrogen and oxygen atoms in total. The van der Waals surface area contributed by atoms with Gasteiger partial charge in [0.1, 0.15) is 17.5 Å². The third-order valence-corrected chi connectivity index (χ3v) is 4.00. The number of ether oxygens (including phenoxy) is 1. The van der Waals surface area contributed by atoms with Crippen LogP contribution in [-0.2, 0) is 4.79 Å². The highest BCUT2D eigenvalue weighted by atomic mass is 16.5. The number of nitrogens with zero attached hydrogens (tertiary/aromatic N) is 1. The van der Waals surface area contributed by atoms with Gasteiger partial charge in [-0.2, -0.15) is 0 Å². The minimum absolute atomic E-state index is 0.121. The van der Waals surface area contributed by atoms with Gasteiger partial charge in [-0.05, 0) is 37.1 Å². The largest absolute Gasteiger partial charge is 0.494 e. The highest BCUT2D eigenvalue weighted by Crippen LogP contribution is 2.27. The number of methoxy groups -OCH3 is 1. The second-order valence-corrected chi connectivity index (χ2v) is 5.59. The summed E-state index contributed by atoms with van der Waals surface area (Å²) >= 11 is 0. The maximum absolute atomic E-state index is 12.3. The lowest BCUT2D eigenvalue weighted by atomic mass is 10.0. The first-order valence-corrected chi connectivity index (χ1v) is 7.87. The van der Waals surface area contributed by atoms with Crippen LogP contribution in [-0.4, -0.2) is 36.5 Å². The summed E-state index contributed by atoms with van der Waals surface area (Å²) in [5, 5.41) is 5.53. The van der Waals surface area contributed by atoms with Crippen LogP contribution in [0, 0.1) is 0 Å². The number of hydrogen-bond acceptors (Lipinski definition) is 4. The first kappa shape index (κ1) is 16.0. The lowest BCUT2D eigenvalue weighted by molar-refractivity contribution is -0.124. The number of hydrogen-bond donors (Lipinski definition) is 2. The maximum atomic E-state index is 12.3. The monoisotopic (exact) mass is 325 g/mol. The van der Waals surface area contributed by atoms with Gasteiger partial charge in [0.2, 0.25) is 5.91 Å². The number of amides is 2. The summed E-state index contributed by atoms with van der Waals surface area (Å²) in [5.41, 5.74) is 2.09. The molecule has 0 radical (unpaired) electrons. The fourth-order valence-corrected chi connectivity index (χ4v) is 2.70. The van der Waals surface area contributed by atoms with E-state index < -0.39 is 6.04 Å². The molecule has 0 aliphatic carbocycles. The van der Waals surface area contributed by atoms with E-state index in [4.69, 9.17) is 4.74 Å². The van der Waals surface area contributed by atoms with E-state index in [1.54, 1.807) is 31.5 Å². The van der Waals surface area contributed by atoms with E-state index in [1.165, 1.54) is 0 Å². The number of aromatic nitrogens is 1. The zero-order valence-electron chi connectivity index (χ0n) is 13.4. The molecule has 2 amide bonds. The molecule has 1 atom stereocenters. The second kappa shape index (κ2) is 7.12. The van der Waals surface area contributed by atoms with Gasteiger partial charge >= 0.3 is 0 Å². The highest BCUT2D eigenvalue weighted by Gasteiger charge is 2.24. The van der Waals surface area contributed by atoms with Crippen LogP contribution in [0.3, 0.4) is 0 Å². The van der Waals surface area contributed by atoms with Gasteiger partial charge in [0, 0.05) is 23.9 Å². The first-order chi connectivity index (χ1) is 11.7. The molecule has 0 bridgehead atoms. The maximum Gasteiger partial charge on any atom is 0.251 e. The molecule has 1 aliphatic rings. The molecule has 2 aromatic rings. The van der Waals surface area contributed by atoms with Crippen molar-refractivity contribution < 1.29 is 14.3 Å². The molecule has 1 saturated heterocycles. The molecule has 24 heavy (non-hydrogen) atoms. The Morgan fingerprint density at radius 2 is 2.08 bits per heavy atom. The van der Waals surface area contributed by atoms with E-state index in [0.717, 1.165) is 17.7 Å². The molecule has 3 rings (SSSR count). The lowest BCUT2D eigenvalue weighted by Crippen LogP contribution is -2.50. The van der Waals surface area contributed by atoms with Crippen LogP contribution in [0.15, 0.2) is 42.6 Å². The summed E-state index contributed by atoms with van der Waals surface area (Å²) in [6.07, 6.45) is 3.23. The number of pyridine rings is 1.